The first-order valence-electron chi connectivity index (χ1n) is 12.6. The number of nitrogens with two attached hydrogens (primary N) is 2. The lowest BCUT2D eigenvalue weighted by molar-refractivity contribution is -0.288. The number of alkyl halides is 8. The minimum Gasteiger partial charge on any atom is -0.399 e. The Hall–Kier alpha value is -2.42. The first kappa shape index (κ1) is 36.1. The van der Waals surface area contributed by atoms with Crippen LogP contribution in [0.1, 0.15) is 22.3 Å². The van der Waals surface area contributed by atoms with Crippen LogP contribution in [0.2, 0.25) is 0 Å². The molecule has 0 aromatic heterocycles. The van der Waals surface area contributed by atoms with Crippen LogP contribution in [-0.4, -0.2) is 15.8 Å². The van der Waals surface area contributed by atoms with Crippen molar-refractivity contribution >= 4 is 86.7 Å². The maximum atomic E-state index is 13.9. The van der Waals surface area contributed by atoms with E-state index in [1.807, 2.05) is 58.5 Å². The Morgan fingerprint density at radius 1 is 0.659 bits per heavy atom. The van der Waals surface area contributed by atoms with Gasteiger partial charge in [-0.1, -0.05) is 54.6 Å². The molecule has 4 aromatic carbocycles. The standard InChI is InChI=1S/C17H16F6N2.C13H10Br4N2/c1-9-3-5-11(7-13(9)24)15(16(18,19)20,17(21,22)23)12-6-4-10(2)14(25)8-12;14-11-8-4-5-9-12(11)19(17)13(15,16)18-10-6-2-1-3-7-10/h3-8H,24-25H2,1-2H3;1-9,18H. The molecule has 236 valence electrons. The van der Waals surface area contributed by atoms with Gasteiger partial charge in [-0.25, -0.2) is 0 Å². The molecule has 0 fully saturated rings. The normalized spacial score (nSPS) is 12.3. The lowest BCUT2D eigenvalue weighted by Gasteiger charge is -2.38. The quantitative estimate of drug-likeness (QED) is 0.0451. The Balaban J connectivity index is 0.000000249. The minimum absolute atomic E-state index is 0.157. The zero-order valence-corrected chi connectivity index (χ0v) is 29.4. The maximum Gasteiger partial charge on any atom is 0.411 e. The molecule has 0 atom stereocenters. The number of nitrogens with one attached hydrogen (secondary N) is 1. The third kappa shape index (κ3) is 7.68. The van der Waals surface area contributed by atoms with Gasteiger partial charge in [0.1, 0.15) is 0 Å². The fourth-order valence-electron chi connectivity index (χ4n) is 4.24. The van der Waals surface area contributed by atoms with E-state index in [2.05, 4.69) is 69.3 Å². The summed E-state index contributed by atoms with van der Waals surface area (Å²) in [6, 6.07) is 23.2. The van der Waals surface area contributed by atoms with E-state index >= 15 is 0 Å². The summed E-state index contributed by atoms with van der Waals surface area (Å²) in [4.78, 5) is 0. The van der Waals surface area contributed by atoms with Gasteiger partial charge in [0.15, 0.2) is 0 Å². The van der Waals surface area contributed by atoms with E-state index in [9.17, 15) is 26.3 Å². The van der Waals surface area contributed by atoms with Crippen molar-refractivity contribution in [3.8, 4) is 0 Å². The van der Waals surface area contributed by atoms with Gasteiger partial charge in [-0.15, -0.1) is 0 Å². The summed E-state index contributed by atoms with van der Waals surface area (Å²) in [5, 5.41) is 3.34. The van der Waals surface area contributed by atoms with Gasteiger partial charge in [-0.05, 0) is 120 Å². The molecular weight excluding hydrogens is 850 g/mol. The van der Waals surface area contributed by atoms with E-state index in [1.165, 1.54) is 13.8 Å². The predicted octanol–water partition coefficient (Wildman–Crippen LogP) is 11.0. The second-order valence-corrected chi connectivity index (χ2v) is 14.6. The van der Waals surface area contributed by atoms with Crippen LogP contribution in [0.4, 0.5) is 49.1 Å². The van der Waals surface area contributed by atoms with E-state index in [1.54, 1.807) is 0 Å². The first-order valence-corrected chi connectivity index (χ1v) is 15.7. The molecule has 0 radical (unpaired) electrons. The molecule has 0 bridgehead atoms. The van der Waals surface area contributed by atoms with Gasteiger partial charge in [0.2, 0.25) is 8.90 Å². The molecule has 0 saturated heterocycles. The zero-order valence-electron chi connectivity index (χ0n) is 23.0. The van der Waals surface area contributed by atoms with Gasteiger partial charge in [-0.2, -0.15) is 26.3 Å². The number of benzene rings is 4. The van der Waals surface area contributed by atoms with E-state index < -0.39 is 32.4 Å². The molecular formula is C30H26Br4F6N4. The number of nitrogen functional groups attached to an aromatic ring is 2. The fourth-order valence-corrected chi connectivity index (χ4v) is 6.17. The predicted molar refractivity (Wildman–Crippen MR) is 180 cm³/mol. The average molecular weight is 876 g/mol. The Bertz CT molecular complexity index is 1510. The van der Waals surface area contributed by atoms with Crippen LogP contribution in [0.3, 0.4) is 0 Å². The summed E-state index contributed by atoms with van der Waals surface area (Å²) in [6.45, 7) is 2.98. The topological polar surface area (TPSA) is 67.3 Å². The van der Waals surface area contributed by atoms with Crippen LogP contribution in [0.25, 0.3) is 0 Å². The van der Waals surface area contributed by atoms with Crippen LogP contribution in [0, 0.1) is 13.8 Å². The number of halogens is 10. The van der Waals surface area contributed by atoms with Gasteiger partial charge in [0, 0.05) is 21.5 Å². The molecule has 4 nitrogen and oxygen atoms in total. The SMILES string of the molecule is Brc1ccccc1N(Br)C(Br)(Br)Nc1ccccc1.Cc1ccc(C(c2ccc(C)c(N)c2)(C(F)(F)F)C(F)(F)F)cc1N. The van der Waals surface area contributed by atoms with Crippen molar-refractivity contribution in [1.29, 1.82) is 0 Å². The number of anilines is 4. The summed E-state index contributed by atoms with van der Waals surface area (Å²) in [5.74, 6) is 0. The summed E-state index contributed by atoms with van der Waals surface area (Å²) in [5.41, 5.74) is 7.34. The van der Waals surface area contributed by atoms with Gasteiger partial charge < -0.3 is 16.8 Å². The molecule has 0 aliphatic heterocycles. The molecule has 0 aliphatic carbocycles. The van der Waals surface area contributed by atoms with Crippen molar-refractivity contribution in [2.75, 3.05) is 20.7 Å². The van der Waals surface area contributed by atoms with Crippen molar-refractivity contribution in [3.63, 3.8) is 0 Å². The van der Waals surface area contributed by atoms with E-state index in [0.717, 1.165) is 40.1 Å². The van der Waals surface area contributed by atoms with Crippen molar-refractivity contribution in [1.82, 2.24) is 0 Å². The summed E-state index contributed by atoms with van der Waals surface area (Å²) >= 11 is 14.3. The maximum absolute atomic E-state index is 13.9. The Labute approximate surface area is 284 Å². The Kier molecular flexibility index (Phi) is 11.4. The molecule has 0 unspecified atom stereocenters. The number of nitrogens with zero attached hydrogens (tertiary/aromatic N) is 1. The number of hydrogen-bond acceptors (Lipinski definition) is 4. The van der Waals surface area contributed by atoms with Gasteiger partial charge in [0.05, 0.1) is 21.8 Å². The monoisotopic (exact) mass is 872 g/mol. The summed E-state index contributed by atoms with van der Waals surface area (Å²) in [6.07, 6.45) is -11.3. The highest BCUT2D eigenvalue weighted by Gasteiger charge is 2.72. The minimum atomic E-state index is -5.66. The lowest BCUT2D eigenvalue weighted by atomic mass is 9.72. The molecule has 0 saturated carbocycles. The molecule has 5 N–H and O–H groups in total. The molecule has 14 heteroatoms. The second-order valence-electron chi connectivity index (χ2n) is 9.65. The first-order chi connectivity index (χ1) is 20.3. The molecule has 0 heterocycles. The largest absolute Gasteiger partial charge is 0.411 e. The lowest BCUT2D eigenvalue weighted by Crippen LogP contribution is -2.54. The van der Waals surface area contributed by atoms with Gasteiger partial charge >= 0.3 is 12.4 Å². The van der Waals surface area contributed by atoms with Gasteiger partial charge in [0.25, 0.3) is 0 Å². The smallest absolute Gasteiger partial charge is 0.399 e. The highest BCUT2D eigenvalue weighted by Crippen LogP contribution is 2.56. The number of aryl methyl sites for hydroxylation is 2. The third-order valence-electron chi connectivity index (χ3n) is 6.65. The number of rotatable bonds is 6. The van der Waals surface area contributed by atoms with Crippen LogP contribution >= 0.6 is 63.9 Å². The molecule has 4 aromatic rings. The van der Waals surface area contributed by atoms with Crippen molar-refractivity contribution in [2.45, 2.75) is 35.1 Å². The third-order valence-corrected chi connectivity index (χ3v) is 10.3. The second kappa shape index (κ2) is 13.9. The average Bonchev–Trinajstić information content (AvgIpc) is 2.92. The summed E-state index contributed by atoms with van der Waals surface area (Å²) < 4.78 is 85.6. The molecule has 0 amide bonds. The van der Waals surface area contributed by atoms with Crippen LogP contribution < -0.4 is 20.7 Å². The summed E-state index contributed by atoms with van der Waals surface area (Å²) in [7, 11) is 0. The molecule has 44 heavy (non-hydrogen) atoms. The van der Waals surface area contributed by atoms with E-state index in [-0.39, 0.29) is 11.4 Å². The highest BCUT2D eigenvalue weighted by molar-refractivity contribution is 9.26. The zero-order chi connectivity index (χ0) is 33.1. The fraction of sp³-hybridized carbons (Fsp3) is 0.200. The van der Waals surface area contributed by atoms with Crippen molar-refractivity contribution < 1.29 is 26.3 Å². The van der Waals surface area contributed by atoms with Crippen LogP contribution in [0.5, 0.6) is 0 Å². The number of hydrogen-bond donors (Lipinski definition) is 3. The van der Waals surface area contributed by atoms with Crippen molar-refractivity contribution in [2.24, 2.45) is 0 Å². The van der Waals surface area contributed by atoms with Gasteiger partial charge in [-0.3, -0.25) is 3.93 Å². The van der Waals surface area contributed by atoms with E-state index in [4.69, 9.17) is 11.5 Å². The highest BCUT2D eigenvalue weighted by atomic mass is 79.9. The Morgan fingerprint density at radius 2 is 1.09 bits per heavy atom. The molecule has 4 rings (SSSR count). The van der Waals surface area contributed by atoms with E-state index in [0.29, 0.717) is 23.3 Å². The van der Waals surface area contributed by atoms with Crippen molar-refractivity contribution in [3.05, 3.63) is 118 Å². The number of para-hydroxylation sites is 2. The molecule has 0 aliphatic rings. The Morgan fingerprint density at radius 3 is 1.50 bits per heavy atom. The molecule has 0 spiro atoms. The van der Waals surface area contributed by atoms with Crippen LogP contribution in [-0.2, 0) is 5.41 Å². The van der Waals surface area contributed by atoms with Crippen LogP contribution in [0.15, 0.2) is 95.5 Å².